The topological polar surface area (TPSA) is 65.4 Å². The first-order valence-electron chi connectivity index (χ1n) is 10.1. The Labute approximate surface area is 170 Å². The van der Waals surface area contributed by atoms with Gasteiger partial charge in [-0.3, -0.25) is 4.79 Å². The van der Waals surface area contributed by atoms with E-state index in [9.17, 15) is 4.79 Å². The third-order valence-corrected chi connectivity index (χ3v) is 5.36. The number of amides is 1. The summed E-state index contributed by atoms with van der Waals surface area (Å²) in [5, 5.41) is 3.11. The fraction of sp³-hybridized carbons (Fsp3) is 0.391. The van der Waals surface area contributed by atoms with Crippen molar-refractivity contribution in [1.29, 1.82) is 0 Å². The number of hydrogen-bond donors (Lipinski definition) is 1. The zero-order valence-electron chi connectivity index (χ0n) is 17.0. The minimum atomic E-state index is -0.180. The Morgan fingerprint density at radius 3 is 3.03 bits per heavy atom. The molecule has 0 fully saturated rings. The summed E-state index contributed by atoms with van der Waals surface area (Å²) >= 11 is 0. The Morgan fingerprint density at radius 2 is 2.17 bits per heavy atom. The summed E-state index contributed by atoms with van der Waals surface area (Å²) in [6, 6.07) is 14.1. The number of aromatic nitrogens is 2. The number of fused-ring (bicyclic) bond motifs is 2. The van der Waals surface area contributed by atoms with Crippen LogP contribution in [0.5, 0.6) is 5.75 Å². The SMILES string of the molecule is COCCn1c([C@H](C)NC(=O)CCc2ccc3c(c2)CCO3)nc2ccccc21. The molecule has 1 aliphatic rings. The molecule has 3 aromatic rings. The van der Waals surface area contributed by atoms with E-state index in [0.717, 1.165) is 35.6 Å². The van der Waals surface area contributed by atoms with Crippen molar-refractivity contribution in [3.05, 3.63) is 59.4 Å². The largest absolute Gasteiger partial charge is 0.493 e. The lowest BCUT2D eigenvalue weighted by Crippen LogP contribution is -2.29. The zero-order valence-corrected chi connectivity index (χ0v) is 17.0. The van der Waals surface area contributed by atoms with Crippen molar-refractivity contribution in [3.8, 4) is 5.75 Å². The molecule has 2 aromatic carbocycles. The highest BCUT2D eigenvalue weighted by Crippen LogP contribution is 2.26. The molecule has 1 atom stereocenters. The number of para-hydroxylation sites is 2. The second-order valence-electron chi connectivity index (χ2n) is 7.43. The molecule has 152 valence electrons. The van der Waals surface area contributed by atoms with Crippen LogP contribution < -0.4 is 10.1 Å². The van der Waals surface area contributed by atoms with Gasteiger partial charge in [-0.05, 0) is 42.7 Å². The van der Waals surface area contributed by atoms with E-state index in [1.807, 2.05) is 43.3 Å². The molecule has 1 aliphatic heterocycles. The zero-order chi connectivity index (χ0) is 20.2. The van der Waals surface area contributed by atoms with Crippen molar-refractivity contribution in [2.45, 2.75) is 38.8 Å². The van der Waals surface area contributed by atoms with Crippen molar-refractivity contribution < 1.29 is 14.3 Å². The second kappa shape index (κ2) is 8.66. The number of benzene rings is 2. The molecule has 6 nitrogen and oxygen atoms in total. The molecule has 0 bridgehead atoms. The van der Waals surface area contributed by atoms with Gasteiger partial charge in [-0.2, -0.15) is 0 Å². The number of rotatable bonds is 8. The summed E-state index contributed by atoms with van der Waals surface area (Å²) < 4.78 is 12.9. The number of nitrogens with one attached hydrogen (secondary N) is 1. The van der Waals surface area contributed by atoms with E-state index in [0.29, 0.717) is 26.0 Å². The first kappa shape index (κ1) is 19.5. The van der Waals surface area contributed by atoms with E-state index in [4.69, 9.17) is 14.5 Å². The third-order valence-electron chi connectivity index (χ3n) is 5.36. The van der Waals surface area contributed by atoms with Crippen LogP contribution in [0.4, 0.5) is 0 Å². The predicted molar refractivity (Wildman–Crippen MR) is 112 cm³/mol. The van der Waals surface area contributed by atoms with Crippen LogP contribution in [0.15, 0.2) is 42.5 Å². The lowest BCUT2D eigenvalue weighted by molar-refractivity contribution is -0.121. The molecule has 0 radical (unpaired) electrons. The van der Waals surface area contributed by atoms with Crippen LogP contribution in [0.3, 0.4) is 0 Å². The third kappa shape index (κ3) is 4.27. The average Bonchev–Trinajstić information content (AvgIpc) is 3.34. The maximum absolute atomic E-state index is 12.6. The fourth-order valence-electron chi connectivity index (χ4n) is 3.87. The number of methoxy groups -OCH3 is 1. The number of nitrogens with zero attached hydrogens (tertiary/aromatic N) is 2. The van der Waals surface area contributed by atoms with Crippen LogP contribution in [-0.4, -0.2) is 35.8 Å². The van der Waals surface area contributed by atoms with Gasteiger partial charge in [0.2, 0.25) is 5.91 Å². The lowest BCUT2D eigenvalue weighted by atomic mass is 10.0. The maximum Gasteiger partial charge on any atom is 0.220 e. The highest BCUT2D eigenvalue weighted by Gasteiger charge is 2.18. The monoisotopic (exact) mass is 393 g/mol. The molecule has 0 spiro atoms. The average molecular weight is 393 g/mol. The van der Waals surface area contributed by atoms with Crippen LogP contribution in [0.2, 0.25) is 0 Å². The summed E-state index contributed by atoms with van der Waals surface area (Å²) in [7, 11) is 1.69. The van der Waals surface area contributed by atoms with Crippen LogP contribution >= 0.6 is 0 Å². The van der Waals surface area contributed by atoms with Crippen LogP contribution in [0.25, 0.3) is 11.0 Å². The smallest absolute Gasteiger partial charge is 0.220 e. The van der Waals surface area contributed by atoms with Crippen LogP contribution in [-0.2, 0) is 28.9 Å². The van der Waals surface area contributed by atoms with Crippen LogP contribution in [0.1, 0.15) is 36.3 Å². The minimum absolute atomic E-state index is 0.0274. The number of ether oxygens (including phenoxy) is 2. The van der Waals surface area contributed by atoms with Gasteiger partial charge in [0.25, 0.3) is 0 Å². The Hall–Kier alpha value is -2.86. The molecule has 2 heterocycles. The van der Waals surface area contributed by atoms with Gasteiger partial charge in [0.05, 0.1) is 30.3 Å². The van der Waals surface area contributed by atoms with E-state index in [1.165, 1.54) is 11.1 Å². The Morgan fingerprint density at radius 1 is 1.31 bits per heavy atom. The summed E-state index contributed by atoms with van der Waals surface area (Å²) in [6.07, 6.45) is 2.11. The van der Waals surface area contributed by atoms with Crippen LogP contribution in [0, 0.1) is 0 Å². The van der Waals surface area contributed by atoms with Crippen molar-refractivity contribution >= 4 is 16.9 Å². The van der Waals surface area contributed by atoms with Crippen molar-refractivity contribution in [2.75, 3.05) is 20.3 Å². The van der Waals surface area contributed by atoms with E-state index in [2.05, 4.69) is 16.0 Å². The van der Waals surface area contributed by atoms with Gasteiger partial charge in [-0.25, -0.2) is 4.98 Å². The number of imidazole rings is 1. The van der Waals surface area contributed by atoms with Crippen molar-refractivity contribution in [2.24, 2.45) is 0 Å². The molecule has 0 saturated carbocycles. The lowest BCUT2D eigenvalue weighted by Gasteiger charge is -2.16. The fourth-order valence-corrected chi connectivity index (χ4v) is 3.87. The Kier molecular flexibility index (Phi) is 5.81. The summed E-state index contributed by atoms with van der Waals surface area (Å²) in [5.41, 5.74) is 4.40. The van der Waals surface area contributed by atoms with E-state index < -0.39 is 0 Å². The molecule has 0 aliphatic carbocycles. The molecule has 4 rings (SSSR count). The maximum atomic E-state index is 12.6. The molecular weight excluding hydrogens is 366 g/mol. The highest BCUT2D eigenvalue weighted by molar-refractivity contribution is 5.78. The molecule has 29 heavy (non-hydrogen) atoms. The van der Waals surface area contributed by atoms with Gasteiger partial charge in [-0.15, -0.1) is 0 Å². The highest BCUT2D eigenvalue weighted by atomic mass is 16.5. The molecule has 0 saturated heterocycles. The molecule has 6 heteroatoms. The molecule has 1 N–H and O–H groups in total. The summed E-state index contributed by atoms with van der Waals surface area (Å²) in [4.78, 5) is 17.3. The standard InChI is InChI=1S/C23H27N3O3/c1-16(23-25-19-5-3-4-6-20(19)26(23)12-14-28-2)24-22(27)10-8-17-7-9-21-18(15-17)11-13-29-21/h3-7,9,15-16H,8,10-14H2,1-2H3,(H,24,27)/t16-/m0/s1. The molecule has 1 aromatic heterocycles. The van der Waals surface area contributed by atoms with Gasteiger partial charge in [0, 0.05) is 26.5 Å². The summed E-state index contributed by atoms with van der Waals surface area (Å²) in [5.74, 6) is 1.85. The van der Waals surface area contributed by atoms with Gasteiger partial charge in [0.1, 0.15) is 11.6 Å². The van der Waals surface area contributed by atoms with Gasteiger partial charge in [0.15, 0.2) is 0 Å². The van der Waals surface area contributed by atoms with Crippen molar-refractivity contribution in [1.82, 2.24) is 14.9 Å². The van der Waals surface area contributed by atoms with Gasteiger partial charge in [-0.1, -0.05) is 24.3 Å². The Balaban J connectivity index is 1.42. The summed E-state index contributed by atoms with van der Waals surface area (Å²) in [6.45, 7) is 4.02. The number of carbonyl (C=O) groups excluding carboxylic acids is 1. The van der Waals surface area contributed by atoms with Crippen molar-refractivity contribution in [3.63, 3.8) is 0 Å². The first-order chi connectivity index (χ1) is 14.2. The van der Waals surface area contributed by atoms with E-state index in [-0.39, 0.29) is 11.9 Å². The first-order valence-corrected chi connectivity index (χ1v) is 10.1. The second-order valence-corrected chi connectivity index (χ2v) is 7.43. The number of hydrogen-bond acceptors (Lipinski definition) is 4. The number of aryl methyl sites for hydroxylation is 1. The van der Waals surface area contributed by atoms with Gasteiger partial charge < -0.3 is 19.4 Å². The normalized spacial score (nSPS) is 13.9. The Bertz CT molecular complexity index is 1010. The molecule has 1 amide bonds. The van der Waals surface area contributed by atoms with E-state index in [1.54, 1.807) is 7.11 Å². The number of carbonyl (C=O) groups is 1. The van der Waals surface area contributed by atoms with E-state index >= 15 is 0 Å². The minimum Gasteiger partial charge on any atom is -0.493 e. The van der Waals surface area contributed by atoms with Gasteiger partial charge >= 0.3 is 0 Å². The molecule has 0 unspecified atom stereocenters. The quantitative estimate of drug-likeness (QED) is 0.637. The predicted octanol–water partition coefficient (Wildman–Crippen LogP) is 3.43. The molecular formula is C23H27N3O3.